The van der Waals surface area contributed by atoms with Gasteiger partial charge < -0.3 is 5.32 Å². The molecule has 0 spiro atoms. The molecule has 0 bridgehead atoms. The first kappa shape index (κ1) is 18.0. The van der Waals surface area contributed by atoms with Crippen LogP contribution in [0, 0.1) is 23.0 Å². The first-order valence-corrected chi connectivity index (χ1v) is 9.09. The molecule has 26 heavy (non-hydrogen) atoms. The van der Waals surface area contributed by atoms with Crippen LogP contribution in [0.3, 0.4) is 0 Å². The van der Waals surface area contributed by atoms with Crippen molar-refractivity contribution in [3.63, 3.8) is 0 Å². The molecule has 2 amide bonds. The molecule has 1 heterocycles. The Balaban J connectivity index is 1.74. The third-order valence-corrected chi connectivity index (χ3v) is 5.17. The Bertz CT molecular complexity index is 858. The maximum atomic E-state index is 12.8. The highest BCUT2D eigenvalue weighted by atomic mass is 32.1. The molecule has 1 aromatic heterocycles. The maximum absolute atomic E-state index is 12.8. The van der Waals surface area contributed by atoms with E-state index in [0.29, 0.717) is 11.3 Å². The zero-order chi connectivity index (χ0) is 18.7. The van der Waals surface area contributed by atoms with Crippen molar-refractivity contribution in [2.45, 2.75) is 32.6 Å². The van der Waals surface area contributed by atoms with Crippen molar-refractivity contribution >= 4 is 39.0 Å². The topological polar surface area (TPSA) is 114 Å². The zero-order valence-corrected chi connectivity index (χ0v) is 15.0. The molecular weight excluding hydrogens is 356 g/mol. The Kier molecular flexibility index (Phi) is 5.27. The van der Waals surface area contributed by atoms with Gasteiger partial charge in [0.05, 0.1) is 10.6 Å². The van der Waals surface area contributed by atoms with E-state index < -0.39 is 11.0 Å². The number of aryl methyl sites for hydroxylation is 1. The third kappa shape index (κ3) is 4.05. The van der Waals surface area contributed by atoms with Gasteiger partial charge in [-0.2, -0.15) is 0 Å². The van der Waals surface area contributed by atoms with E-state index in [1.165, 1.54) is 0 Å². The van der Waals surface area contributed by atoms with Crippen LogP contribution in [-0.2, 0) is 0 Å². The summed E-state index contributed by atoms with van der Waals surface area (Å²) in [7, 11) is 0. The fourth-order valence-electron chi connectivity index (χ4n) is 3.04. The molecule has 0 unspecified atom stereocenters. The predicted molar refractivity (Wildman–Crippen MR) is 98.9 cm³/mol. The van der Waals surface area contributed by atoms with Crippen LogP contribution in [0.5, 0.6) is 0 Å². The van der Waals surface area contributed by atoms with Gasteiger partial charge in [-0.1, -0.05) is 24.5 Å². The first-order chi connectivity index (χ1) is 12.4. The van der Waals surface area contributed by atoms with Crippen LogP contribution in [-0.4, -0.2) is 21.7 Å². The minimum Gasteiger partial charge on any atom is -0.307 e. The Morgan fingerprint density at radius 3 is 2.65 bits per heavy atom. The molecule has 1 aromatic carbocycles. The lowest BCUT2D eigenvalue weighted by Gasteiger charge is -2.14. The number of anilines is 2. The number of ketones is 1. The number of carbonyl (C=O) groups excluding carboxylic acids is 2. The number of nitro groups is 1. The number of urea groups is 1. The summed E-state index contributed by atoms with van der Waals surface area (Å²) < 4.78 is 0. The lowest BCUT2D eigenvalue weighted by molar-refractivity contribution is -0.380. The molecule has 3 rings (SSSR count). The zero-order valence-electron chi connectivity index (χ0n) is 14.2. The Morgan fingerprint density at radius 1 is 1.27 bits per heavy atom. The molecule has 1 fully saturated rings. The predicted octanol–water partition coefficient (Wildman–Crippen LogP) is 4.38. The highest BCUT2D eigenvalue weighted by Crippen LogP contribution is 2.31. The van der Waals surface area contributed by atoms with Gasteiger partial charge in [0, 0.05) is 11.5 Å². The number of hydrogen-bond acceptors (Lipinski definition) is 6. The molecule has 0 atom stereocenters. The first-order valence-electron chi connectivity index (χ1n) is 8.27. The number of Topliss-reactive ketones (excluding diaryl/α,β-unsaturated/α-hetero) is 1. The van der Waals surface area contributed by atoms with Gasteiger partial charge in [0.25, 0.3) is 0 Å². The number of benzene rings is 1. The molecule has 1 saturated carbocycles. The Labute approximate surface area is 153 Å². The molecule has 0 radical (unpaired) electrons. The lowest BCUT2D eigenvalue weighted by Crippen LogP contribution is -2.22. The van der Waals surface area contributed by atoms with Crippen molar-refractivity contribution in [1.29, 1.82) is 0 Å². The monoisotopic (exact) mass is 374 g/mol. The van der Waals surface area contributed by atoms with Crippen molar-refractivity contribution < 1.29 is 14.5 Å². The van der Waals surface area contributed by atoms with E-state index in [2.05, 4.69) is 15.6 Å². The summed E-state index contributed by atoms with van der Waals surface area (Å²) in [5, 5.41) is 15.7. The summed E-state index contributed by atoms with van der Waals surface area (Å²) in [6.45, 7) is 1.89. The average molecular weight is 374 g/mol. The van der Waals surface area contributed by atoms with Crippen LogP contribution in [0.1, 0.15) is 41.6 Å². The molecule has 8 nitrogen and oxygen atoms in total. The number of amides is 2. The normalized spacial score (nSPS) is 14.2. The highest BCUT2D eigenvalue weighted by molar-refractivity contribution is 7.18. The number of hydrogen-bond donors (Lipinski definition) is 2. The van der Waals surface area contributed by atoms with Gasteiger partial charge in [-0.25, -0.2) is 9.78 Å². The summed E-state index contributed by atoms with van der Waals surface area (Å²) in [6, 6.07) is 4.69. The van der Waals surface area contributed by atoms with E-state index in [9.17, 15) is 19.7 Å². The molecule has 136 valence electrons. The van der Waals surface area contributed by atoms with Crippen LogP contribution >= 0.6 is 11.3 Å². The quantitative estimate of drug-likeness (QED) is 0.458. The van der Waals surface area contributed by atoms with E-state index >= 15 is 0 Å². The van der Waals surface area contributed by atoms with Crippen LogP contribution in [0.2, 0.25) is 0 Å². The van der Waals surface area contributed by atoms with Gasteiger partial charge in [-0.15, -0.1) is 0 Å². The smallest absolute Gasteiger partial charge is 0.307 e. The summed E-state index contributed by atoms with van der Waals surface area (Å²) >= 11 is 0.764. The SMILES string of the molecule is Cc1ccc(NC(=O)Nc2ncc([N+](=O)[O-])s2)c(C(=O)C2CCCC2)c1. The highest BCUT2D eigenvalue weighted by Gasteiger charge is 2.26. The summed E-state index contributed by atoms with van der Waals surface area (Å²) in [4.78, 5) is 38.9. The molecule has 1 aliphatic carbocycles. The van der Waals surface area contributed by atoms with Crippen molar-refractivity contribution in [2.24, 2.45) is 5.92 Å². The number of nitrogens with zero attached hydrogens (tertiary/aromatic N) is 2. The molecule has 0 saturated heterocycles. The summed E-state index contributed by atoms with van der Waals surface area (Å²) in [5.41, 5.74) is 1.86. The van der Waals surface area contributed by atoms with Gasteiger partial charge in [0.15, 0.2) is 10.9 Å². The van der Waals surface area contributed by atoms with Gasteiger partial charge in [-0.3, -0.25) is 20.2 Å². The summed E-state index contributed by atoms with van der Waals surface area (Å²) in [5.74, 6) is 0.0495. The minimum absolute atomic E-state index is 0.00187. The molecule has 1 aliphatic rings. The van der Waals surface area contributed by atoms with Crippen LogP contribution in [0.4, 0.5) is 20.6 Å². The largest absolute Gasteiger partial charge is 0.345 e. The van der Waals surface area contributed by atoms with Crippen molar-refractivity contribution in [2.75, 3.05) is 10.6 Å². The lowest BCUT2D eigenvalue weighted by atomic mass is 9.94. The number of carbonyl (C=O) groups is 2. The van der Waals surface area contributed by atoms with Crippen LogP contribution in [0.15, 0.2) is 24.4 Å². The van der Waals surface area contributed by atoms with E-state index in [-0.39, 0.29) is 21.8 Å². The van der Waals surface area contributed by atoms with E-state index in [1.54, 1.807) is 12.1 Å². The minimum atomic E-state index is -0.599. The average Bonchev–Trinajstić information content (AvgIpc) is 3.27. The molecule has 2 aromatic rings. The molecule has 0 aliphatic heterocycles. The van der Waals surface area contributed by atoms with Gasteiger partial charge in [0.1, 0.15) is 6.20 Å². The maximum Gasteiger partial charge on any atom is 0.345 e. The Hall–Kier alpha value is -2.81. The second-order valence-electron chi connectivity index (χ2n) is 6.23. The van der Waals surface area contributed by atoms with E-state index in [1.807, 2.05) is 13.0 Å². The second kappa shape index (κ2) is 7.61. The van der Waals surface area contributed by atoms with Crippen LogP contribution < -0.4 is 10.6 Å². The van der Waals surface area contributed by atoms with Crippen molar-refractivity contribution in [3.8, 4) is 0 Å². The number of rotatable bonds is 5. The fourth-order valence-corrected chi connectivity index (χ4v) is 3.66. The van der Waals surface area contributed by atoms with Gasteiger partial charge in [-0.05, 0) is 43.2 Å². The number of aromatic nitrogens is 1. The Morgan fingerprint density at radius 2 is 2.00 bits per heavy atom. The molecular formula is C17H18N4O4S. The van der Waals surface area contributed by atoms with Crippen LogP contribution in [0.25, 0.3) is 0 Å². The summed E-state index contributed by atoms with van der Waals surface area (Å²) in [6.07, 6.45) is 4.94. The standard InChI is InChI=1S/C17H18N4O4S/c1-10-6-7-13(12(8-10)15(22)11-4-2-3-5-11)19-16(23)20-17-18-9-14(26-17)21(24)25/h6-9,11H,2-5H2,1H3,(H2,18,19,20,23). The van der Waals surface area contributed by atoms with Crippen molar-refractivity contribution in [1.82, 2.24) is 4.98 Å². The van der Waals surface area contributed by atoms with Gasteiger partial charge in [0.2, 0.25) is 0 Å². The molecule has 2 N–H and O–H groups in total. The van der Waals surface area contributed by atoms with Crippen molar-refractivity contribution in [3.05, 3.63) is 45.6 Å². The van der Waals surface area contributed by atoms with E-state index in [4.69, 9.17) is 0 Å². The molecule has 9 heteroatoms. The van der Waals surface area contributed by atoms with E-state index in [0.717, 1.165) is 48.8 Å². The fraction of sp³-hybridized carbons (Fsp3) is 0.353. The second-order valence-corrected chi connectivity index (χ2v) is 7.24. The number of thiazole rings is 1. The van der Waals surface area contributed by atoms with Gasteiger partial charge >= 0.3 is 11.0 Å². The number of nitrogens with one attached hydrogen (secondary N) is 2. The third-order valence-electron chi connectivity index (χ3n) is 4.31.